The molecule has 0 amide bonds. The summed E-state index contributed by atoms with van der Waals surface area (Å²) < 4.78 is 17.0. The SMILES string of the molecule is COc1cccc(OCc2ccccc2)c1C(=O)C1OC1c1ccccc1. The van der Waals surface area contributed by atoms with Crippen LogP contribution in [-0.4, -0.2) is 19.0 Å². The number of hydrogen-bond donors (Lipinski definition) is 0. The molecule has 0 spiro atoms. The van der Waals surface area contributed by atoms with E-state index in [1.54, 1.807) is 19.2 Å². The number of carbonyl (C=O) groups is 1. The summed E-state index contributed by atoms with van der Waals surface area (Å²) in [6.07, 6.45) is -0.728. The van der Waals surface area contributed by atoms with Crippen LogP contribution < -0.4 is 9.47 Å². The van der Waals surface area contributed by atoms with Gasteiger partial charge >= 0.3 is 0 Å². The molecule has 4 rings (SSSR count). The summed E-state index contributed by atoms with van der Waals surface area (Å²) in [7, 11) is 1.55. The zero-order valence-electron chi connectivity index (χ0n) is 15.0. The lowest BCUT2D eigenvalue weighted by Gasteiger charge is -2.13. The number of Topliss-reactive ketones (excluding diaryl/α,β-unsaturated/α-hetero) is 1. The van der Waals surface area contributed by atoms with Gasteiger partial charge in [0, 0.05) is 0 Å². The van der Waals surface area contributed by atoms with Gasteiger partial charge in [0.05, 0.1) is 7.11 Å². The van der Waals surface area contributed by atoms with Gasteiger partial charge < -0.3 is 14.2 Å². The normalized spacial score (nSPS) is 18.0. The molecule has 3 aromatic rings. The first-order valence-corrected chi connectivity index (χ1v) is 8.86. The van der Waals surface area contributed by atoms with Crippen molar-refractivity contribution in [1.82, 2.24) is 0 Å². The molecule has 0 bridgehead atoms. The van der Waals surface area contributed by atoms with Crippen LogP contribution >= 0.6 is 0 Å². The summed E-state index contributed by atoms with van der Waals surface area (Å²) in [5.41, 5.74) is 2.46. The Morgan fingerprint density at radius 1 is 0.889 bits per heavy atom. The van der Waals surface area contributed by atoms with Gasteiger partial charge in [-0.3, -0.25) is 4.79 Å². The van der Waals surface area contributed by atoms with Gasteiger partial charge in [0.2, 0.25) is 5.78 Å². The smallest absolute Gasteiger partial charge is 0.202 e. The third kappa shape index (κ3) is 3.71. The Hall–Kier alpha value is -3.11. The lowest BCUT2D eigenvalue weighted by molar-refractivity contribution is 0.0946. The molecule has 0 radical (unpaired) electrons. The summed E-state index contributed by atoms with van der Waals surface area (Å²) in [6.45, 7) is 0.377. The van der Waals surface area contributed by atoms with Crippen molar-refractivity contribution in [2.75, 3.05) is 7.11 Å². The first-order chi connectivity index (χ1) is 13.3. The number of hydrogen-bond acceptors (Lipinski definition) is 4. The van der Waals surface area contributed by atoms with Gasteiger partial charge in [-0.25, -0.2) is 0 Å². The predicted octanol–water partition coefficient (Wildman–Crippen LogP) is 4.60. The molecule has 1 heterocycles. The van der Waals surface area contributed by atoms with Crippen LogP contribution in [0.1, 0.15) is 27.6 Å². The van der Waals surface area contributed by atoms with E-state index in [0.29, 0.717) is 23.7 Å². The Bertz CT molecular complexity index is 922. The van der Waals surface area contributed by atoms with E-state index in [2.05, 4.69) is 0 Å². The molecule has 0 aliphatic carbocycles. The molecule has 2 atom stereocenters. The van der Waals surface area contributed by atoms with Crippen LogP contribution in [0.4, 0.5) is 0 Å². The highest BCUT2D eigenvalue weighted by atomic mass is 16.6. The molecule has 1 aliphatic rings. The molecule has 0 saturated carbocycles. The molecule has 136 valence electrons. The maximum absolute atomic E-state index is 13.1. The number of epoxide rings is 1. The molecule has 4 heteroatoms. The van der Waals surface area contributed by atoms with Gasteiger partial charge in [0.15, 0.2) is 6.10 Å². The summed E-state index contributed by atoms with van der Waals surface area (Å²) in [5, 5.41) is 0. The van der Waals surface area contributed by atoms with Crippen molar-refractivity contribution >= 4 is 5.78 Å². The number of methoxy groups -OCH3 is 1. The molecule has 2 unspecified atom stereocenters. The third-order valence-electron chi connectivity index (χ3n) is 4.57. The Morgan fingerprint density at radius 3 is 2.26 bits per heavy atom. The highest BCUT2D eigenvalue weighted by Crippen LogP contribution is 2.43. The second-order valence-electron chi connectivity index (χ2n) is 6.36. The van der Waals surface area contributed by atoms with Gasteiger partial charge in [-0.1, -0.05) is 66.7 Å². The summed E-state index contributed by atoms with van der Waals surface area (Å²) >= 11 is 0. The minimum atomic E-state index is -0.511. The third-order valence-corrected chi connectivity index (χ3v) is 4.57. The van der Waals surface area contributed by atoms with Crippen LogP contribution in [0.3, 0.4) is 0 Å². The average molecular weight is 360 g/mol. The van der Waals surface area contributed by atoms with E-state index in [-0.39, 0.29) is 11.9 Å². The fourth-order valence-electron chi connectivity index (χ4n) is 3.13. The molecule has 1 saturated heterocycles. The molecule has 27 heavy (non-hydrogen) atoms. The standard InChI is InChI=1S/C23H20O4/c1-25-18-13-8-14-19(26-15-16-9-4-2-5-10-16)20(18)21(24)23-22(27-23)17-11-6-3-7-12-17/h2-14,22-23H,15H2,1H3. The molecule has 1 fully saturated rings. The van der Waals surface area contributed by atoms with Gasteiger partial charge in [-0.05, 0) is 23.3 Å². The summed E-state index contributed by atoms with van der Waals surface area (Å²) in [5.74, 6) is 0.878. The van der Waals surface area contributed by atoms with E-state index in [1.807, 2.05) is 66.7 Å². The maximum Gasteiger partial charge on any atom is 0.202 e. The Morgan fingerprint density at radius 2 is 1.56 bits per heavy atom. The van der Waals surface area contributed by atoms with Crippen LogP contribution in [0, 0.1) is 0 Å². The minimum Gasteiger partial charge on any atom is -0.496 e. The lowest BCUT2D eigenvalue weighted by Crippen LogP contribution is -2.12. The van der Waals surface area contributed by atoms with E-state index in [1.165, 1.54) is 0 Å². The van der Waals surface area contributed by atoms with Crippen molar-refractivity contribution in [1.29, 1.82) is 0 Å². The molecular weight excluding hydrogens is 340 g/mol. The lowest BCUT2D eigenvalue weighted by atomic mass is 10.0. The monoisotopic (exact) mass is 360 g/mol. The number of carbonyl (C=O) groups excluding carboxylic acids is 1. The van der Waals surface area contributed by atoms with E-state index < -0.39 is 6.10 Å². The molecule has 3 aromatic carbocycles. The van der Waals surface area contributed by atoms with Crippen LogP contribution in [0.2, 0.25) is 0 Å². The maximum atomic E-state index is 13.1. The van der Waals surface area contributed by atoms with Gasteiger partial charge in [0.25, 0.3) is 0 Å². The average Bonchev–Trinajstić information content (AvgIpc) is 3.54. The first-order valence-electron chi connectivity index (χ1n) is 8.86. The van der Waals surface area contributed by atoms with Crippen LogP contribution in [0.5, 0.6) is 11.5 Å². The Balaban J connectivity index is 1.57. The Labute approximate surface area is 158 Å². The zero-order valence-corrected chi connectivity index (χ0v) is 15.0. The molecular formula is C23H20O4. The van der Waals surface area contributed by atoms with Gasteiger partial charge in [-0.2, -0.15) is 0 Å². The predicted molar refractivity (Wildman–Crippen MR) is 102 cm³/mol. The van der Waals surface area contributed by atoms with E-state index >= 15 is 0 Å². The van der Waals surface area contributed by atoms with Crippen LogP contribution in [-0.2, 0) is 11.3 Å². The number of ketones is 1. The highest BCUT2D eigenvalue weighted by molar-refractivity contribution is 6.06. The van der Waals surface area contributed by atoms with Crippen molar-refractivity contribution in [2.24, 2.45) is 0 Å². The number of benzene rings is 3. The largest absolute Gasteiger partial charge is 0.496 e. The van der Waals surface area contributed by atoms with E-state index in [9.17, 15) is 4.79 Å². The molecule has 1 aliphatic heterocycles. The topological polar surface area (TPSA) is 48.1 Å². The molecule has 0 N–H and O–H groups in total. The number of ether oxygens (including phenoxy) is 3. The number of rotatable bonds is 7. The van der Waals surface area contributed by atoms with E-state index in [4.69, 9.17) is 14.2 Å². The van der Waals surface area contributed by atoms with Crippen molar-refractivity contribution in [3.8, 4) is 11.5 Å². The fourth-order valence-corrected chi connectivity index (χ4v) is 3.13. The highest BCUT2D eigenvalue weighted by Gasteiger charge is 2.47. The fraction of sp³-hybridized carbons (Fsp3) is 0.174. The van der Waals surface area contributed by atoms with Crippen molar-refractivity contribution in [3.05, 3.63) is 95.6 Å². The Kier molecular flexibility index (Phi) is 4.90. The minimum absolute atomic E-state index is 0.121. The quantitative estimate of drug-likeness (QED) is 0.456. The summed E-state index contributed by atoms with van der Waals surface area (Å²) in [6, 6.07) is 25.0. The van der Waals surface area contributed by atoms with Gasteiger partial charge in [0.1, 0.15) is 29.8 Å². The van der Waals surface area contributed by atoms with Crippen LogP contribution in [0.15, 0.2) is 78.9 Å². The van der Waals surface area contributed by atoms with Crippen molar-refractivity contribution in [2.45, 2.75) is 18.8 Å². The van der Waals surface area contributed by atoms with E-state index in [0.717, 1.165) is 11.1 Å². The molecule has 0 aromatic heterocycles. The van der Waals surface area contributed by atoms with Crippen molar-refractivity contribution in [3.63, 3.8) is 0 Å². The van der Waals surface area contributed by atoms with Crippen LogP contribution in [0.25, 0.3) is 0 Å². The second kappa shape index (κ2) is 7.64. The van der Waals surface area contributed by atoms with Gasteiger partial charge in [-0.15, -0.1) is 0 Å². The van der Waals surface area contributed by atoms with Crippen molar-refractivity contribution < 1.29 is 19.0 Å². The second-order valence-corrected chi connectivity index (χ2v) is 6.36. The molecule has 4 nitrogen and oxygen atoms in total. The summed E-state index contributed by atoms with van der Waals surface area (Å²) in [4.78, 5) is 13.1. The first kappa shape index (κ1) is 17.3. The zero-order chi connectivity index (χ0) is 18.6.